The summed E-state index contributed by atoms with van der Waals surface area (Å²) in [7, 11) is 0. The Bertz CT molecular complexity index is 858. The Kier molecular flexibility index (Phi) is 4.68. The number of carbonyl (C=O) groups excluding carboxylic acids is 1. The second-order valence-corrected chi connectivity index (χ2v) is 9.00. The average Bonchev–Trinajstić information content (AvgIpc) is 3.23. The van der Waals surface area contributed by atoms with Gasteiger partial charge in [-0.15, -0.1) is 0 Å². The lowest BCUT2D eigenvalue weighted by molar-refractivity contribution is 0.0660. The second kappa shape index (κ2) is 6.90. The number of carbonyl (C=O) groups is 1. The van der Waals surface area contributed by atoms with Gasteiger partial charge in [-0.1, -0.05) is 0 Å². The first-order chi connectivity index (χ1) is 13.3. The van der Waals surface area contributed by atoms with Gasteiger partial charge < -0.3 is 9.80 Å². The standard InChI is InChI=1S/C22H29FN4O/c1-15(2)26-12-9-19(24-26)21(28)25-11-10-20-16(14-25)13-22(3,4)27(20)18-7-5-17(23)6-8-18/h5-9,12,15-16,20H,10-11,13-14H2,1-4H3/t16-,20+/m1/s1. The highest BCUT2D eigenvalue weighted by atomic mass is 19.1. The van der Waals surface area contributed by atoms with Crippen molar-refractivity contribution >= 4 is 11.6 Å². The Morgan fingerprint density at radius 2 is 1.93 bits per heavy atom. The summed E-state index contributed by atoms with van der Waals surface area (Å²) in [5, 5.41) is 4.45. The summed E-state index contributed by atoms with van der Waals surface area (Å²) in [4.78, 5) is 17.4. The molecule has 1 aromatic heterocycles. The van der Waals surface area contributed by atoms with Gasteiger partial charge in [0.1, 0.15) is 11.5 Å². The van der Waals surface area contributed by atoms with Crippen LogP contribution in [0.1, 0.15) is 57.1 Å². The zero-order valence-electron chi connectivity index (χ0n) is 17.1. The van der Waals surface area contributed by atoms with Crippen LogP contribution >= 0.6 is 0 Å². The molecule has 2 aromatic rings. The zero-order chi connectivity index (χ0) is 20.1. The molecule has 4 rings (SSSR count). The molecule has 0 bridgehead atoms. The Balaban J connectivity index is 1.51. The molecule has 0 aliphatic carbocycles. The maximum Gasteiger partial charge on any atom is 0.274 e. The third-order valence-electron chi connectivity index (χ3n) is 6.19. The lowest BCUT2D eigenvalue weighted by atomic mass is 9.89. The average molecular weight is 384 g/mol. The van der Waals surface area contributed by atoms with Gasteiger partial charge in [-0.25, -0.2) is 4.39 Å². The number of anilines is 1. The number of rotatable bonds is 3. The van der Waals surface area contributed by atoms with E-state index < -0.39 is 0 Å². The molecule has 2 aliphatic rings. The SMILES string of the molecule is CC(C)n1ccc(C(=O)N2CC[C@H]3[C@@H](C2)CC(C)(C)N3c2ccc(F)cc2)n1. The van der Waals surface area contributed by atoms with Crippen molar-refractivity contribution in [1.82, 2.24) is 14.7 Å². The van der Waals surface area contributed by atoms with E-state index in [1.807, 2.05) is 34.0 Å². The molecule has 0 unspecified atom stereocenters. The van der Waals surface area contributed by atoms with Gasteiger partial charge >= 0.3 is 0 Å². The van der Waals surface area contributed by atoms with E-state index in [0.717, 1.165) is 31.6 Å². The van der Waals surface area contributed by atoms with E-state index in [1.54, 1.807) is 0 Å². The third-order valence-corrected chi connectivity index (χ3v) is 6.19. The zero-order valence-corrected chi connectivity index (χ0v) is 17.1. The molecule has 1 aromatic carbocycles. The molecular weight excluding hydrogens is 355 g/mol. The van der Waals surface area contributed by atoms with Gasteiger partial charge in [0.25, 0.3) is 5.91 Å². The minimum absolute atomic E-state index is 0.0224. The molecule has 0 saturated carbocycles. The van der Waals surface area contributed by atoms with E-state index in [-0.39, 0.29) is 23.3 Å². The van der Waals surface area contributed by atoms with Crippen molar-refractivity contribution < 1.29 is 9.18 Å². The molecular formula is C22H29FN4O. The van der Waals surface area contributed by atoms with Crippen molar-refractivity contribution in [1.29, 1.82) is 0 Å². The lowest BCUT2D eigenvalue weighted by Crippen LogP contribution is -2.50. The number of aromatic nitrogens is 2. The monoisotopic (exact) mass is 384 g/mol. The van der Waals surface area contributed by atoms with Crippen LogP contribution in [0.2, 0.25) is 0 Å². The number of halogens is 1. The Labute approximate surface area is 166 Å². The quantitative estimate of drug-likeness (QED) is 0.799. The Hall–Kier alpha value is -2.37. The van der Waals surface area contributed by atoms with E-state index >= 15 is 0 Å². The summed E-state index contributed by atoms with van der Waals surface area (Å²) in [6.45, 7) is 10.1. The molecule has 6 heteroatoms. The predicted octanol–water partition coefficient (Wildman–Crippen LogP) is 4.12. The minimum atomic E-state index is -0.210. The summed E-state index contributed by atoms with van der Waals surface area (Å²) in [6.07, 6.45) is 3.81. The van der Waals surface area contributed by atoms with Gasteiger partial charge in [0.2, 0.25) is 0 Å². The Morgan fingerprint density at radius 3 is 2.57 bits per heavy atom. The molecule has 5 nitrogen and oxygen atoms in total. The molecule has 0 N–H and O–H groups in total. The topological polar surface area (TPSA) is 41.4 Å². The summed E-state index contributed by atoms with van der Waals surface area (Å²) < 4.78 is 15.2. The summed E-state index contributed by atoms with van der Waals surface area (Å²) >= 11 is 0. The van der Waals surface area contributed by atoms with E-state index in [1.165, 1.54) is 12.1 Å². The van der Waals surface area contributed by atoms with Crippen molar-refractivity contribution in [3.63, 3.8) is 0 Å². The number of piperidine rings is 1. The Morgan fingerprint density at radius 1 is 1.21 bits per heavy atom. The van der Waals surface area contributed by atoms with Crippen molar-refractivity contribution in [2.75, 3.05) is 18.0 Å². The summed E-state index contributed by atoms with van der Waals surface area (Å²) in [6, 6.07) is 9.23. The smallest absolute Gasteiger partial charge is 0.274 e. The maximum absolute atomic E-state index is 13.4. The highest BCUT2D eigenvalue weighted by Gasteiger charge is 2.48. The van der Waals surface area contributed by atoms with Crippen LogP contribution in [0.15, 0.2) is 36.5 Å². The lowest BCUT2D eigenvalue weighted by Gasteiger charge is -2.41. The normalized spacial score (nSPS) is 23.9. The fraction of sp³-hybridized carbons (Fsp3) is 0.545. The number of hydrogen-bond donors (Lipinski definition) is 0. The van der Waals surface area contributed by atoms with Gasteiger partial charge in [-0.3, -0.25) is 9.48 Å². The molecule has 2 saturated heterocycles. The number of benzene rings is 1. The molecule has 28 heavy (non-hydrogen) atoms. The van der Waals surface area contributed by atoms with Crippen molar-refractivity contribution in [3.05, 3.63) is 48.0 Å². The molecule has 0 radical (unpaired) electrons. The number of hydrogen-bond acceptors (Lipinski definition) is 3. The van der Waals surface area contributed by atoms with Crippen LogP contribution in [-0.2, 0) is 0 Å². The third kappa shape index (κ3) is 3.29. The van der Waals surface area contributed by atoms with Crippen LogP contribution < -0.4 is 4.90 Å². The van der Waals surface area contributed by atoms with Crippen LogP contribution in [0, 0.1) is 11.7 Å². The van der Waals surface area contributed by atoms with Gasteiger partial charge in [-0.05, 0) is 76.8 Å². The van der Waals surface area contributed by atoms with E-state index in [9.17, 15) is 9.18 Å². The van der Waals surface area contributed by atoms with Crippen LogP contribution in [-0.4, -0.2) is 45.3 Å². The van der Waals surface area contributed by atoms with Crippen molar-refractivity contribution in [2.45, 2.75) is 58.2 Å². The predicted molar refractivity (Wildman–Crippen MR) is 108 cm³/mol. The second-order valence-electron chi connectivity index (χ2n) is 9.00. The summed E-state index contributed by atoms with van der Waals surface area (Å²) in [5.74, 6) is 0.222. The molecule has 1 amide bonds. The van der Waals surface area contributed by atoms with E-state index in [0.29, 0.717) is 17.7 Å². The summed E-state index contributed by atoms with van der Waals surface area (Å²) in [5.41, 5.74) is 1.57. The van der Waals surface area contributed by atoms with Crippen LogP contribution in [0.25, 0.3) is 0 Å². The highest BCUT2D eigenvalue weighted by molar-refractivity contribution is 5.92. The number of nitrogens with zero attached hydrogens (tertiary/aromatic N) is 4. The van der Waals surface area contributed by atoms with Gasteiger partial charge in [0.05, 0.1) is 0 Å². The minimum Gasteiger partial charge on any atom is -0.363 e. The van der Waals surface area contributed by atoms with E-state index in [4.69, 9.17) is 0 Å². The molecule has 150 valence electrons. The van der Waals surface area contributed by atoms with Crippen molar-refractivity contribution in [2.24, 2.45) is 5.92 Å². The maximum atomic E-state index is 13.4. The molecule has 2 atom stereocenters. The molecule has 0 spiro atoms. The fourth-order valence-corrected chi connectivity index (χ4v) is 4.98. The number of likely N-dealkylation sites (tertiary alicyclic amines) is 1. The molecule has 2 aliphatic heterocycles. The number of fused-ring (bicyclic) bond motifs is 1. The highest BCUT2D eigenvalue weighted by Crippen LogP contribution is 2.44. The molecule has 3 heterocycles. The van der Waals surface area contributed by atoms with Crippen LogP contribution in [0.4, 0.5) is 10.1 Å². The fourth-order valence-electron chi connectivity index (χ4n) is 4.98. The van der Waals surface area contributed by atoms with Gasteiger partial charge in [0.15, 0.2) is 0 Å². The van der Waals surface area contributed by atoms with Crippen LogP contribution in [0.3, 0.4) is 0 Å². The van der Waals surface area contributed by atoms with Gasteiger partial charge in [0, 0.05) is 42.6 Å². The number of amides is 1. The van der Waals surface area contributed by atoms with E-state index in [2.05, 4.69) is 37.7 Å². The molecule has 2 fully saturated rings. The first-order valence-electron chi connectivity index (χ1n) is 10.2. The van der Waals surface area contributed by atoms with Crippen LogP contribution in [0.5, 0.6) is 0 Å². The van der Waals surface area contributed by atoms with Crippen molar-refractivity contribution in [3.8, 4) is 0 Å². The first kappa shape index (κ1) is 19.0. The van der Waals surface area contributed by atoms with Gasteiger partial charge in [-0.2, -0.15) is 5.10 Å². The largest absolute Gasteiger partial charge is 0.363 e. The first-order valence-corrected chi connectivity index (χ1v) is 10.2.